The Kier molecular flexibility index (Phi) is 3.91. The first kappa shape index (κ1) is 11.3. The van der Waals surface area contributed by atoms with Gasteiger partial charge < -0.3 is 16.3 Å². The van der Waals surface area contributed by atoms with Gasteiger partial charge in [-0.25, -0.2) is 4.39 Å². The average molecular weight is 211 g/mol. The van der Waals surface area contributed by atoms with E-state index in [1.54, 1.807) is 12.1 Å². The summed E-state index contributed by atoms with van der Waals surface area (Å²) in [6.07, 6.45) is 0.424. The second-order valence-corrected chi connectivity index (χ2v) is 3.35. The van der Waals surface area contributed by atoms with Gasteiger partial charge >= 0.3 is 0 Å². The molecule has 1 aromatic rings. The highest BCUT2D eigenvalue weighted by Crippen LogP contribution is 2.10. The van der Waals surface area contributed by atoms with Crippen molar-refractivity contribution in [2.45, 2.75) is 19.4 Å². The highest BCUT2D eigenvalue weighted by atomic mass is 19.1. The molecule has 0 heterocycles. The molecule has 0 aliphatic rings. The van der Waals surface area contributed by atoms with E-state index in [0.29, 0.717) is 6.42 Å². The monoisotopic (exact) mass is 211 g/mol. The highest BCUT2D eigenvalue weighted by Gasteiger charge is 2.04. The quantitative estimate of drug-likeness (QED) is 0.307. The molecule has 15 heavy (non-hydrogen) atoms. The van der Waals surface area contributed by atoms with Crippen LogP contribution >= 0.6 is 0 Å². The van der Waals surface area contributed by atoms with Crippen LogP contribution in [-0.4, -0.2) is 17.1 Å². The van der Waals surface area contributed by atoms with E-state index in [1.165, 1.54) is 12.1 Å². The van der Waals surface area contributed by atoms with Crippen molar-refractivity contribution in [3.05, 3.63) is 30.1 Å². The third-order valence-electron chi connectivity index (χ3n) is 1.90. The van der Waals surface area contributed by atoms with Crippen molar-refractivity contribution < 1.29 is 9.60 Å². The first-order valence-electron chi connectivity index (χ1n) is 4.60. The van der Waals surface area contributed by atoms with Crippen LogP contribution in [0.3, 0.4) is 0 Å². The lowest BCUT2D eigenvalue weighted by Gasteiger charge is -2.14. The van der Waals surface area contributed by atoms with Crippen LogP contribution in [0.2, 0.25) is 0 Å². The van der Waals surface area contributed by atoms with E-state index >= 15 is 0 Å². The molecule has 1 aromatic carbocycles. The summed E-state index contributed by atoms with van der Waals surface area (Å²) in [4.78, 5) is 0. The molecular formula is C10H14FN3O. The summed E-state index contributed by atoms with van der Waals surface area (Å²) in [6.45, 7) is 1.89. The first-order chi connectivity index (χ1) is 7.11. The predicted molar refractivity (Wildman–Crippen MR) is 57.5 cm³/mol. The van der Waals surface area contributed by atoms with Gasteiger partial charge in [-0.1, -0.05) is 5.16 Å². The SMILES string of the molecule is CC(CC(N)=NO)Nc1ccc(F)cc1. The molecule has 0 aliphatic carbocycles. The number of hydrogen-bond acceptors (Lipinski definition) is 3. The number of nitrogens with two attached hydrogens (primary N) is 1. The molecule has 0 bridgehead atoms. The van der Waals surface area contributed by atoms with E-state index in [9.17, 15) is 4.39 Å². The molecule has 4 N–H and O–H groups in total. The van der Waals surface area contributed by atoms with Crippen molar-refractivity contribution in [2.24, 2.45) is 10.9 Å². The summed E-state index contributed by atoms with van der Waals surface area (Å²) < 4.78 is 12.6. The molecule has 82 valence electrons. The normalized spacial score (nSPS) is 13.6. The second kappa shape index (κ2) is 5.19. The number of nitrogens with zero attached hydrogens (tertiary/aromatic N) is 1. The van der Waals surface area contributed by atoms with Crippen molar-refractivity contribution in [1.82, 2.24) is 0 Å². The van der Waals surface area contributed by atoms with Crippen LogP contribution in [0.15, 0.2) is 29.4 Å². The Morgan fingerprint density at radius 1 is 1.53 bits per heavy atom. The molecule has 0 amide bonds. The summed E-state index contributed by atoms with van der Waals surface area (Å²) >= 11 is 0. The summed E-state index contributed by atoms with van der Waals surface area (Å²) in [7, 11) is 0. The Morgan fingerprint density at radius 2 is 2.13 bits per heavy atom. The van der Waals surface area contributed by atoms with Crippen molar-refractivity contribution >= 4 is 11.5 Å². The minimum Gasteiger partial charge on any atom is -0.409 e. The maximum absolute atomic E-state index is 12.6. The largest absolute Gasteiger partial charge is 0.409 e. The fraction of sp³-hybridized carbons (Fsp3) is 0.300. The second-order valence-electron chi connectivity index (χ2n) is 3.35. The molecule has 1 unspecified atom stereocenters. The number of rotatable bonds is 4. The zero-order chi connectivity index (χ0) is 11.3. The number of nitrogens with one attached hydrogen (secondary N) is 1. The maximum Gasteiger partial charge on any atom is 0.141 e. The third-order valence-corrected chi connectivity index (χ3v) is 1.90. The van der Waals surface area contributed by atoms with Crippen molar-refractivity contribution in [1.29, 1.82) is 0 Å². The Labute approximate surface area is 87.6 Å². The van der Waals surface area contributed by atoms with Crippen molar-refractivity contribution in [3.8, 4) is 0 Å². The Morgan fingerprint density at radius 3 is 2.67 bits per heavy atom. The summed E-state index contributed by atoms with van der Waals surface area (Å²) in [5.74, 6) is -0.109. The standard InChI is InChI=1S/C10H14FN3O/c1-7(6-10(12)14-15)13-9-4-2-8(11)3-5-9/h2-5,7,13,15H,6H2,1H3,(H2,12,14). The number of anilines is 1. The zero-order valence-electron chi connectivity index (χ0n) is 8.44. The lowest BCUT2D eigenvalue weighted by Crippen LogP contribution is -2.24. The summed E-state index contributed by atoms with van der Waals surface area (Å²) in [5.41, 5.74) is 6.15. The highest BCUT2D eigenvalue weighted by molar-refractivity contribution is 5.80. The number of amidine groups is 1. The average Bonchev–Trinajstić information content (AvgIpc) is 2.21. The predicted octanol–water partition coefficient (Wildman–Crippen LogP) is 1.76. The van der Waals surface area contributed by atoms with Crippen LogP contribution < -0.4 is 11.1 Å². The van der Waals surface area contributed by atoms with Crippen molar-refractivity contribution in [3.63, 3.8) is 0 Å². The molecule has 0 radical (unpaired) electrons. The van der Waals surface area contributed by atoms with Gasteiger partial charge in [0.2, 0.25) is 0 Å². The number of benzene rings is 1. The van der Waals surface area contributed by atoms with E-state index < -0.39 is 0 Å². The Balaban J connectivity index is 2.51. The maximum atomic E-state index is 12.6. The molecule has 1 atom stereocenters. The number of oxime groups is 1. The minimum absolute atomic E-state index is 0.0198. The lowest BCUT2D eigenvalue weighted by molar-refractivity contribution is 0.316. The summed E-state index contributed by atoms with van der Waals surface area (Å²) in [5, 5.41) is 14.3. The molecule has 0 saturated heterocycles. The minimum atomic E-state index is -0.273. The van der Waals surface area contributed by atoms with Gasteiger partial charge in [-0.15, -0.1) is 0 Å². The van der Waals surface area contributed by atoms with Crippen LogP contribution in [0.1, 0.15) is 13.3 Å². The third kappa shape index (κ3) is 3.84. The molecule has 0 spiro atoms. The van der Waals surface area contributed by atoms with Crippen LogP contribution in [0.25, 0.3) is 0 Å². The molecular weight excluding hydrogens is 197 g/mol. The first-order valence-corrected chi connectivity index (χ1v) is 4.60. The molecule has 0 saturated carbocycles. The van der Waals surface area contributed by atoms with E-state index in [-0.39, 0.29) is 17.7 Å². The van der Waals surface area contributed by atoms with Crippen molar-refractivity contribution in [2.75, 3.05) is 5.32 Å². The van der Waals surface area contributed by atoms with Gasteiger partial charge in [0, 0.05) is 18.2 Å². The van der Waals surface area contributed by atoms with Gasteiger partial charge in [0.1, 0.15) is 11.7 Å². The van der Waals surface area contributed by atoms with E-state index in [0.717, 1.165) is 5.69 Å². The van der Waals surface area contributed by atoms with Crippen LogP contribution in [-0.2, 0) is 0 Å². The molecule has 4 nitrogen and oxygen atoms in total. The topological polar surface area (TPSA) is 70.6 Å². The molecule has 0 aromatic heterocycles. The zero-order valence-corrected chi connectivity index (χ0v) is 8.44. The van der Waals surface area contributed by atoms with Gasteiger partial charge in [0.15, 0.2) is 0 Å². The van der Waals surface area contributed by atoms with E-state index in [2.05, 4.69) is 10.5 Å². The van der Waals surface area contributed by atoms with Crippen LogP contribution in [0, 0.1) is 5.82 Å². The Hall–Kier alpha value is -1.78. The molecule has 5 heteroatoms. The van der Waals surface area contributed by atoms with Gasteiger partial charge in [-0.2, -0.15) is 0 Å². The van der Waals surface area contributed by atoms with Crippen LogP contribution in [0.5, 0.6) is 0 Å². The Bertz CT molecular complexity index is 337. The van der Waals surface area contributed by atoms with E-state index in [4.69, 9.17) is 10.9 Å². The molecule has 0 fully saturated rings. The number of halogens is 1. The lowest BCUT2D eigenvalue weighted by atomic mass is 10.2. The van der Waals surface area contributed by atoms with Gasteiger partial charge in [-0.3, -0.25) is 0 Å². The van der Waals surface area contributed by atoms with Gasteiger partial charge in [0.05, 0.1) is 0 Å². The van der Waals surface area contributed by atoms with Gasteiger partial charge in [-0.05, 0) is 31.2 Å². The smallest absolute Gasteiger partial charge is 0.141 e. The van der Waals surface area contributed by atoms with Gasteiger partial charge in [0.25, 0.3) is 0 Å². The fourth-order valence-corrected chi connectivity index (χ4v) is 1.24. The summed E-state index contributed by atoms with van der Waals surface area (Å²) in [6, 6.07) is 6.04. The fourth-order valence-electron chi connectivity index (χ4n) is 1.24. The molecule has 0 aliphatic heterocycles. The molecule has 1 rings (SSSR count). The van der Waals surface area contributed by atoms with Crippen LogP contribution in [0.4, 0.5) is 10.1 Å². The number of hydrogen-bond donors (Lipinski definition) is 3. The van der Waals surface area contributed by atoms with E-state index in [1.807, 2.05) is 6.92 Å².